The summed E-state index contributed by atoms with van der Waals surface area (Å²) in [5.41, 5.74) is 0.0551. The monoisotopic (exact) mass is 327 g/mol. The van der Waals surface area contributed by atoms with E-state index in [4.69, 9.17) is 5.11 Å². The molecule has 0 bridgehead atoms. The molecule has 2 rings (SSSR count). The minimum absolute atomic E-state index is 0.0551. The number of carboxylic acid groups (broad SMARTS) is 1. The van der Waals surface area contributed by atoms with E-state index in [2.05, 4.69) is 15.2 Å². The topological polar surface area (TPSA) is 113 Å². The Bertz CT molecular complexity index is 738. The Morgan fingerprint density at radius 3 is 2.52 bits per heavy atom. The van der Waals surface area contributed by atoms with E-state index >= 15 is 0 Å². The van der Waals surface area contributed by atoms with Crippen LogP contribution in [-0.2, 0) is 9.84 Å². The van der Waals surface area contributed by atoms with Crippen LogP contribution >= 0.6 is 11.8 Å². The van der Waals surface area contributed by atoms with Crippen LogP contribution in [0.2, 0.25) is 0 Å². The lowest BCUT2D eigenvalue weighted by atomic mass is 10.2. The number of benzene rings is 1. The SMILES string of the molecule is Cc1nc(SCCS(=O)(=O)c2ccc(C(=O)O)cc2)n[nH]1. The van der Waals surface area contributed by atoms with Crippen LogP contribution < -0.4 is 0 Å². The van der Waals surface area contributed by atoms with Gasteiger partial charge in [-0.2, -0.15) is 0 Å². The molecule has 0 unspecified atom stereocenters. The van der Waals surface area contributed by atoms with Crippen LogP contribution in [-0.4, -0.2) is 46.2 Å². The summed E-state index contributed by atoms with van der Waals surface area (Å²) in [4.78, 5) is 14.9. The minimum atomic E-state index is -3.45. The molecule has 0 aliphatic carbocycles. The van der Waals surface area contributed by atoms with E-state index in [9.17, 15) is 13.2 Å². The standard InChI is InChI=1S/C12H13N3O4S2/c1-8-13-12(15-14-8)20-6-7-21(18,19)10-4-2-9(3-5-10)11(16)17/h2-5H,6-7H2,1H3,(H,16,17)(H,13,14,15). The number of nitrogens with zero attached hydrogens (tertiary/aromatic N) is 2. The molecule has 2 N–H and O–H groups in total. The highest BCUT2D eigenvalue weighted by atomic mass is 32.2. The zero-order valence-electron chi connectivity index (χ0n) is 11.1. The molecule has 0 atom stereocenters. The summed E-state index contributed by atoms with van der Waals surface area (Å²) in [6, 6.07) is 5.17. The van der Waals surface area contributed by atoms with Crippen molar-refractivity contribution in [3.05, 3.63) is 35.7 Å². The number of aromatic carboxylic acids is 1. The number of nitrogens with one attached hydrogen (secondary N) is 1. The lowest BCUT2D eigenvalue weighted by Gasteiger charge is -2.04. The third-order valence-electron chi connectivity index (χ3n) is 2.62. The van der Waals surface area contributed by atoms with Crippen molar-refractivity contribution in [1.29, 1.82) is 0 Å². The Morgan fingerprint density at radius 2 is 2.00 bits per heavy atom. The summed E-state index contributed by atoms with van der Waals surface area (Å²) in [5, 5.41) is 15.9. The molecule has 0 spiro atoms. The number of carbonyl (C=O) groups is 1. The predicted molar refractivity (Wildman–Crippen MR) is 77.3 cm³/mol. The number of thioether (sulfide) groups is 1. The Balaban J connectivity index is 1.99. The van der Waals surface area contributed by atoms with Gasteiger partial charge in [0, 0.05) is 5.75 Å². The van der Waals surface area contributed by atoms with Crippen LogP contribution in [0.5, 0.6) is 0 Å². The van der Waals surface area contributed by atoms with Crippen molar-refractivity contribution in [3.63, 3.8) is 0 Å². The van der Waals surface area contributed by atoms with E-state index in [1.807, 2.05) is 0 Å². The van der Waals surface area contributed by atoms with Crippen LogP contribution in [0, 0.1) is 6.92 Å². The number of sulfone groups is 1. The average molecular weight is 327 g/mol. The smallest absolute Gasteiger partial charge is 0.335 e. The Hall–Kier alpha value is -1.87. The van der Waals surface area contributed by atoms with Gasteiger partial charge in [-0.25, -0.2) is 18.2 Å². The van der Waals surface area contributed by atoms with Gasteiger partial charge in [0.05, 0.1) is 16.2 Å². The first-order chi connectivity index (χ1) is 9.88. The number of hydrogen-bond donors (Lipinski definition) is 2. The number of rotatable bonds is 6. The maximum atomic E-state index is 12.1. The molecule has 2 aromatic rings. The predicted octanol–water partition coefficient (Wildman–Crippen LogP) is 1.38. The Kier molecular flexibility index (Phi) is 4.63. The maximum Gasteiger partial charge on any atom is 0.335 e. The summed E-state index contributed by atoms with van der Waals surface area (Å²) in [5.74, 6) is -0.170. The summed E-state index contributed by atoms with van der Waals surface area (Å²) in [6.07, 6.45) is 0. The molecule has 1 heterocycles. The van der Waals surface area contributed by atoms with Gasteiger partial charge in [0.25, 0.3) is 0 Å². The van der Waals surface area contributed by atoms with Crippen LogP contribution in [0.25, 0.3) is 0 Å². The fourth-order valence-electron chi connectivity index (χ4n) is 1.55. The number of aromatic amines is 1. The second-order valence-electron chi connectivity index (χ2n) is 4.20. The van der Waals surface area contributed by atoms with E-state index in [-0.39, 0.29) is 16.2 Å². The van der Waals surface area contributed by atoms with E-state index in [1.54, 1.807) is 6.92 Å². The molecule has 0 saturated heterocycles. The number of carboxylic acids is 1. The van der Waals surface area contributed by atoms with Gasteiger partial charge in [-0.3, -0.25) is 5.10 Å². The fourth-order valence-corrected chi connectivity index (χ4v) is 4.04. The summed E-state index contributed by atoms with van der Waals surface area (Å²) in [6.45, 7) is 1.76. The molecule has 0 aliphatic heterocycles. The highest BCUT2D eigenvalue weighted by Crippen LogP contribution is 2.17. The van der Waals surface area contributed by atoms with E-state index in [0.717, 1.165) is 0 Å². The number of aryl methyl sites for hydroxylation is 1. The molecule has 0 radical (unpaired) electrons. The molecular formula is C12H13N3O4S2. The molecule has 21 heavy (non-hydrogen) atoms. The third kappa shape index (κ3) is 4.05. The summed E-state index contributed by atoms with van der Waals surface area (Å²) < 4.78 is 24.2. The molecule has 0 saturated carbocycles. The van der Waals surface area contributed by atoms with Gasteiger partial charge in [-0.15, -0.1) is 5.10 Å². The zero-order valence-corrected chi connectivity index (χ0v) is 12.7. The van der Waals surface area contributed by atoms with Gasteiger partial charge in [-0.1, -0.05) is 11.8 Å². The van der Waals surface area contributed by atoms with Crippen molar-refractivity contribution in [2.24, 2.45) is 0 Å². The Morgan fingerprint density at radius 1 is 1.33 bits per heavy atom. The molecule has 0 aliphatic rings. The lowest BCUT2D eigenvalue weighted by Crippen LogP contribution is -2.09. The second kappa shape index (κ2) is 6.27. The van der Waals surface area contributed by atoms with Gasteiger partial charge in [0.2, 0.25) is 5.16 Å². The number of hydrogen-bond acceptors (Lipinski definition) is 6. The molecule has 112 valence electrons. The van der Waals surface area contributed by atoms with E-state index in [1.165, 1.54) is 36.0 Å². The van der Waals surface area contributed by atoms with E-state index in [0.29, 0.717) is 16.7 Å². The normalized spacial score (nSPS) is 11.5. The molecule has 1 aromatic heterocycles. The van der Waals surface area contributed by atoms with Crippen molar-refractivity contribution in [3.8, 4) is 0 Å². The zero-order chi connectivity index (χ0) is 15.5. The summed E-state index contributed by atoms with van der Waals surface area (Å²) >= 11 is 1.24. The first-order valence-electron chi connectivity index (χ1n) is 5.96. The number of H-pyrrole nitrogens is 1. The van der Waals surface area contributed by atoms with Gasteiger partial charge in [0.1, 0.15) is 5.82 Å². The van der Waals surface area contributed by atoms with Crippen molar-refractivity contribution in [1.82, 2.24) is 15.2 Å². The quantitative estimate of drug-likeness (QED) is 0.770. The van der Waals surface area contributed by atoms with Gasteiger partial charge < -0.3 is 5.11 Å². The number of aromatic nitrogens is 3. The molecule has 7 nitrogen and oxygen atoms in total. The van der Waals surface area contributed by atoms with Crippen molar-refractivity contribution in [2.75, 3.05) is 11.5 Å². The highest BCUT2D eigenvalue weighted by molar-refractivity contribution is 8.00. The second-order valence-corrected chi connectivity index (χ2v) is 7.37. The van der Waals surface area contributed by atoms with Gasteiger partial charge in [-0.05, 0) is 31.2 Å². The van der Waals surface area contributed by atoms with Crippen molar-refractivity contribution in [2.45, 2.75) is 17.0 Å². The maximum absolute atomic E-state index is 12.1. The van der Waals surface area contributed by atoms with Crippen LogP contribution in [0.3, 0.4) is 0 Å². The van der Waals surface area contributed by atoms with Crippen LogP contribution in [0.15, 0.2) is 34.3 Å². The van der Waals surface area contributed by atoms with Gasteiger partial charge >= 0.3 is 5.97 Å². The molecule has 1 aromatic carbocycles. The largest absolute Gasteiger partial charge is 0.478 e. The Labute approximate surface area is 125 Å². The van der Waals surface area contributed by atoms with Gasteiger partial charge in [0.15, 0.2) is 9.84 Å². The summed E-state index contributed by atoms with van der Waals surface area (Å²) in [7, 11) is -3.45. The first-order valence-corrected chi connectivity index (χ1v) is 8.60. The van der Waals surface area contributed by atoms with E-state index < -0.39 is 15.8 Å². The lowest BCUT2D eigenvalue weighted by molar-refractivity contribution is 0.0696. The molecular weight excluding hydrogens is 314 g/mol. The molecule has 9 heteroatoms. The first kappa shape index (κ1) is 15.5. The highest BCUT2D eigenvalue weighted by Gasteiger charge is 2.15. The molecule has 0 amide bonds. The average Bonchev–Trinajstić information content (AvgIpc) is 2.84. The molecule has 0 fully saturated rings. The minimum Gasteiger partial charge on any atom is -0.478 e. The third-order valence-corrected chi connectivity index (χ3v) is 5.46. The van der Waals surface area contributed by atoms with Crippen LogP contribution in [0.1, 0.15) is 16.2 Å². The van der Waals surface area contributed by atoms with Crippen LogP contribution in [0.4, 0.5) is 0 Å². The van der Waals surface area contributed by atoms with Crippen molar-refractivity contribution < 1.29 is 18.3 Å². The van der Waals surface area contributed by atoms with Crippen molar-refractivity contribution >= 4 is 27.6 Å². The fraction of sp³-hybridized carbons (Fsp3) is 0.250.